The first-order valence-corrected chi connectivity index (χ1v) is 5.75. The lowest BCUT2D eigenvalue weighted by Gasteiger charge is -2.29. The second-order valence-electron chi connectivity index (χ2n) is 4.82. The van der Waals surface area contributed by atoms with Crippen LogP contribution in [-0.4, -0.2) is 9.55 Å². The molecule has 14 heavy (non-hydrogen) atoms. The summed E-state index contributed by atoms with van der Waals surface area (Å²) in [4.78, 5) is 4.18. The van der Waals surface area contributed by atoms with Crippen molar-refractivity contribution in [3.63, 3.8) is 0 Å². The van der Waals surface area contributed by atoms with Crippen LogP contribution in [0.4, 0.5) is 0 Å². The van der Waals surface area contributed by atoms with Crippen molar-refractivity contribution in [2.45, 2.75) is 45.0 Å². The number of hydrogen-bond donors (Lipinski definition) is 0. The first-order chi connectivity index (χ1) is 6.65. The van der Waals surface area contributed by atoms with Gasteiger partial charge in [-0.15, -0.1) is 11.6 Å². The number of alkyl halides is 1. The number of hydrogen-bond acceptors (Lipinski definition) is 1. The largest absolute Gasteiger partial charge is 0.330 e. The fraction of sp³-hybridized carbons (Fsp3) is 0.727. The zero-order chi connectivity index (χ0) is 10.2. The molecule has 1 aromatic heterocycles. The lowest BCUT2D eigenvalue weighted by Crippen LogP contribution is -2.22. The Hall–Kier alpha value is -0.500. The van der Waals surface area contributed by atoms with Crippen molar-refractivity contribution in [3.05, 3.63) is 18.2 Å². The summed E-state index contributed by atoms with van der Waals surface area (Å²) in [6.45, 7) is 4.67. The van der Waals surface area contributed by atoms with Crippen LogP contribution < -0.4 is 0 Å². The van der Waals surface area contributed by atoms with Crippen molar-refractivity contribution >= 4 is 11.6 Å². The number of halogens is 1. The topological polar surface area (TPSA) is 17.8 Å². The Morgan fingerprint density at radius 3 is 3.00 bits per heavy atom. The Morgan fingerprint density at radius 1 is 1.64 bits per heavy atom. The minimum Gasteiger partial charge on any atom is -0.330 e. The van der Waals surface area contributed by atoms with E-state index in [1.54, 1.807) is 0 Å². The fourth-order valence-electron chi connectivity index (χ4n) is 2.54. The summed E-state index contributed by atoms with van der Waals surface area (Å²) >= 11 is 5.88. The first kappa shape index (κ1) is 10.0. The van der Waals surface area contributed by atoms with Crippen LogP contribution in [0.25, 0.3) is 0 Å². The van der Waals surface area contributed by atoms with E-state index in [1.165, 1.54) is 19.3 Å². The zero-order valence-electron chi connectivity index (χ0n) is 8.83. The van der Waals surface area contributed by atoms with Crippen LogP contribution in [0.2, 0.25) is 0 Å². The fourth-order valence-corrected chi connectivity index (χ4v) is 2.75. The third-order valence-corrected chi connectivity index (χ3v) is 3.69. The summed E-state index contributed by atoms with van der Waals surface area (Å²) in [5.41, 5.74) is 1.54. The molecule has 78 valence electrons. The van der Waals surface area contributed by atoms with E-state index in [4.69, 9.17) is 11.6 Å². The summed E-state index contributed by atoms with van der Waals surface area (Å²) in [7, 11) is 0. The highest BCUT2D eigenvalue weighted by atomic mass is 35.5. The van der Waals surface area contributed by atoms with Crippen LogP contribution in [0.1, 0.15) is 44.8 Å². The van der Waals surface area contributed by atoms with Crippen LogP contribution >= 0.6 is 11.6 Å². The quantitative estimate of drug-likeness (QED) is 0.688. The molecule has 1 fully saturated rings. The summed E-state index contributed by atoms with van der Waals surface area (Å²) in [6.07, 6.45) is 7.68. The minimum atomic E-state index is 0.390. The molecule has 0 amide bonds. The van der Waals surface area contributed by atoms with Gasteiger partial charge in [-0.2, -0.15) is 0 Å². The van der Waals surface area contributed by atoms with Gasteiger partial charge in [-0.1, -0.05) is 20.3 Å². The van der Waals surface area contributed by atoms with Crippen LogP contribution in [0.3, 0.4) is 0 Å². The molecule has 0 radical (unpaired) electrons. The van der Waals surface area contributed by atoms with Crippen molar-refractivity contribution in [1.82, 2.24) is 9.55 Å². The van der Waals surface area contributed by atoms with Gasteiger partial charge in [-0.05, 0) is 18.3 Å². The van der Waals surface area contributed by atoms with Crippen LogP contribution in [-0.2, 0) is 5.88 Å². The van der Waals surface area contributed by atoms with E-state index in [0.717, 1.165) is 5.69 Å². The van der Waals surface area contributed by atoms with E-state index < -0.39 is 0 Å². The lowest BCUT2D eigenvalue weighted by molar-refractivity contribution is 0.257. The van der Waals surface area contributed by atoms with Gasteiger partial charge in [0.25, 0.3) is 0 Å². The van der Waals surface area contributed by atoms with Gasteiger partial charge in [-0.3, -0.25) is 0 Å². The monoisotopic (exact) mass is 212 g/mol. The second kappa shape index (κ2) is 3.58. The molecule has 0 spiro atoms. The van der Waals surface area contributed by atoms with Gasteiger partial charge in [0.15, 0.2) is 0 Å². The Labute approximate surface area is 90.3 Å². The molecule has 1 heterocycles. The smallest absolute Gasteiger partial charge is 0.0951 e. The third-order valence-electron chi connectivity index (χ3n) is 3.42. The number of nitrogens with zero attached hydrogens (tertiary/aromatic N) is 2. The van der Waals surface area contributed by atoms with Crippen LogP contribution in [0, 0.1) is 5.41 Å². The molecule has 1 atom stereocenters. The molecule has 0 bridgehead atoms. The molecule has 1 saturated carbocycles. The summed E-state index contributed by atoms with van der Waals surface area (Å²) < 4.78 is 2.26. The highest BCUT2D eigenvalue weighted by Gasteiger charge is 2.36. The Morgan fingerprint density at radius 2 is 2.43 bits per heavy atom. The van der Waals surface area contributed by atoms with Crippen LogP contribution in [0.15, 0.2) is 12.5 Å². The summed E-state index contributed by atoms with van der Waals surface area (Å²) in [6, 6.07) is 0.582. The molecule has 0 N–H and O–H groups in total. The standard InChI is InChI=1S/C11H17ClN2/c1-11(2)5-3-4-10(11)14-8-13-7-9(14)6-12/h7-8,10H,3-6H2,1-2H3. The minimum absolute atomic E-state index is 0.390. The molecule has 2 nitrogen and oxygen atoms in total. The molecule has 1 aliphatic rings. The van der Waals surface area contributed by atoms with Crippen molar-refractivity contribution in [1.29, 1.82) is 0 Å². The number of imidazole rings is 1. The van der Waals surface area contributed by atoms with E-state index >= 15 is 0 Å². The second-order valence-corrected chi connectivity index (χ2v) is 5.09. The third kappa shape index (κ3) is 1.56. The van der Waals surface area contributed by atoms with Gasteiger partial charge in [0.1, 0.15) is 0 Å². The molecule has 2 rings (SSSR count). The van der Waals surface area contributed by atoms with Crippen LogP contribution in [0.5, 0.6) is 0 Å². The molecule has 3 heteroatoms. The predicted octanol–water partition coefficient (Wildman–Crippen LogP) is 3.37. The average Bonchev–Trinajstić information content (AvgIpc) is 2.69. The molecule has 1 unspecified atom stereocenters. The van der Waals surface area contributed by atoms with E-state index in [9.17, 15) is 0 Å². The van der Waals surface area contributed by atoms with E-state index in [0.29, 0.717) is 17.3 Å². The van der Waals surface area contributed by atoms with Gasteiger partial charge < -0.3 is 4.57 Å². The highest BCUT2D eigenvalue weighted by Crippen LogP contribution is 2.46. The van der Waals surface area contributed by atoms with E-state index in [2.05, 4.69) is 23.4 Å². The Balaban J connectivity index is 2.30. The molecular weight excluding hydrogens is 196 g/mol. The molecule has 1 aliphatic carbocycles. The maximum absolute atomic E-state index is 5.88. The predicted molar refractivity (Wildman–Crippen MR) is 58.5 cm³/mol. The molecule has 0 aromatic carbocycles. The van der Waals surface area contributed by atoms with Gasteiger partial charge >= 0.3 is 0 Å². The van der Waals surface area contributed by atoms with Crippen molar-refractivity contribution in [2.24, 2.45) is 5.41 Å². The van der Waals surface area contributed by atoms with Crippen molar-refractivity contribution in [2.75, 3.05) is 0 Å². The summed E-state index contributed by atoms with van der Waals surface area (Å²) in [5.74, 6) is 0.562. The highest BCUT2D eigenvalue weighted by molar-refractivity contribution is 6.16. The van der Waals surface area contributed by atoms with Gasteiger partial charge in [0.2, 0.25) is 0 Å². The zero-order valence-corrected chi connectivity index (χ0v) is 9.59. The maximum atomic E-state index is 5.88. The van der Waals surface area contributed by atoms with Gasteiger partial charge in [0.05, 0.1) is 17.9 Å². The lowest BCUT2D eigenvalue weighted by atomic mass is 9.87. The number of aromatic nitrogens is 2. The van der Waals surface area contributed by atoms with E-state index in [1.807, 2.05) is 12.5 Å². The van der Waals surface area contributed by atoms with Crippen molar-refractivity contribution in [3.8, 4) is 0 Å². The number of rotatable bonds is 2. The Kier molecular flexibility index (Phi) is 2.56. The van der Waals surface area contributed by atoms with Gasteiger partial charge in [-0.25, -0.2) is 4.98 Å². The summed E-state index contributed by atoms with van der Waals surface area (Å²) in [5, 5.41) is 0. The normalized spacial score (nSPS) is 25.5. The van der Waals surface area contributed by atoms with E-state index in [-0.39, 0.29) is 0 Å². The van der Waals surface area contributed by atoms with Gasteiger partial charge in [0, 0.05) is 12.2 Å². The Bertz CT molecular complexity index is 317. The average molecular weight is 213 g/mol. The molecular formula is C11H17ClN2. The molecule has 0 saturated heterocycles. The SMILES string of the molecule is CC1(C)CCCC1n1cncc1CCl. The first-order valence-electron chi connectivity index (χ1n) is 5.22. The molecule has 1 aromatic rings. The molecule has 0 aliphatic heterocycles. The van der Waals surface area contributed by atoms with Crippen molar-refractivity contribution < 1.29 is 0 Å². The maximum Gasteiger partial charge on any atom is 0.0951 e.